The number of methoxy groups -OCH3 is 1. The zero-order chi connectivity index (χ0) is 20.2. The molecule has 29 heavy (non-hydrogen) atoms. The lowest BCUT2D eigenvalue weighted by atomic mass is 9.92. The number of benzene rings is 2. The lowest BCUT2D eigenvalue weighted by molar-refractivity contribution is 0.139. The molecular formula is C23H25ClN2O3. The van der Waals surface area contributed by atoms with Crippen molar-refractivity contribution >= 4 is 22.4 Å². The molecule has 0 radical (unpaired) electrons. The van der Waals surface area contributed by atoms with Gasteiger partial charge in [0.2, 0.25) is 0 Å². The van der Waals surface area contributed by atoms with Gasteiger partial charge in [-0.25, -0.2) is 0 Å². The molecule has 0 amide bonds. The Labute approximate surface area is 175 Å². The van der Waals surface area contributed by atoms with E-state index in [1.807, 2.05) is 24.3 Å². The molecular weight excluding hydrogens is 388 g/mol. The van der Waals surface area contributed by atoms with Crippen LogP contribution in [0.15, 0.2) is 53.5 Å². The van der Waals surface area contributed by atoms with E-state index in [0.717, 1.165) is 43.4 Å². The first kappa shape index (κ1) is 19.8. The number of hydrogen-bond donors (Lipinski definition) is 2. The Morgan fingerprint density at radius 3 is 2.59 bits per heavy atom. The molecule has 0 atom stereocenters. The molecule has 0 aliphatic heterocycles. The van der Waals surface area contributed by atoms with E-state index < -0.39 is 0 Å². The van der Waals surface area contributed by atoms with Crippen LogP contribution >= 0.6 is 11.6 Å². The second-order valence-electron chi connectivity index (χ2n) is 7.50. The van der Waals surface area contributed by atoms with E-state index in [1.54, 1.807) is 19.4 Å². The molecule has 1 aliphatic rings. The topological polar surface area (TPSA) is 63.4 Å². The quantitative estimate of drug-likeness (QED) is 0.617. The molecule has 152 valence electrons. The van der Waals surface area contributed by atoms with Gasteiger partial charge >= 0.3 is 0 Å². The van der Waals surface area contributed by atoms with Crippen LogP contribution in [0.3, 0.4) is 0 Å². The molecule has 0 saturated heterocycles. The Morgan fingerprint density at radius 1 is 1.10 bits per heavy atom. The number of pyridine rings is 1. The third kappa shape index (κ3) is 4.74. The molecule has 0 unspecified atom stereocenters. The molecule has 0 spiro atoms. The fourth-order valence-electron chi connectivity index (χ4n) is 3.85. The van der Waals surface area contributed by atoms with Crippen molar-refractivity contribution in [2.75, 3.05) is 7.11 Å². The van der Waals surface area contributed by atoms with E-state index in [0.29, 0.717) is 22.2 Å². The normalized spacial score (nSPS) is 19.2. The van der Waals surface area contributed by atoms with Gasteiger partial charge in [0.05, 0.1) is 18.2 Å². The second kappa shape index (κ2) is 8.89. The highest BCUT2D eigenvalue weighted by Gasteiger charge is 2.23. The average molecular weight is 413 g/mol. The number of nitrogens with one attached hydrogen (secondary N) is 2. The summed E-state index contributed by atoms with van der Waals surface area (Å²) in [5, 5.41) is 5.54. The third-order valence-corrected chi connectivity index (χ3v) is 5.84. The molecule has 0 bridgehead atoms. The summed E-state index contributed by atoms with van der Waals surface area (Å²) in [6, 6.07) is 14.1. The van der Waals surface area contributed by atoms with Crippen LogP contribution in [0.1, 0.15) is 31.2 Å². The van der Waals surface area contributed by atoms with E-state index in [9.17, 15) is 4.79 Å². The molecule has 4 rings (SSSR count). The molecule has 6 heteroatoms. The summed E-state index contributed by atoms with van der Waals surface area (Å²) in [7, 11) is 1.68. The fraction of sp³-hybridized carbons (Fsp3) is 0.348. The Bertz CT molecular complexity index is 1020. The first-order valence-electron chi connectivity index (χ1n) is 9.96. The van der Waals surface area contributed by atoms with Crippen LogP contribution in [-0.4, -0.2) is 24.2 Å². The highest BCUT2D eigenvalue weighted by molar-refractivity contribution is 6.32. The van der Waals surface area contributed by atoms with Crippen molar-refractivity contribution in [1.29, 1.82) is 0 Å². The summed E-state index contributed by atoms with van der Waals surface area (Å²) in [5.41, 5.74) is 1.11. The smallest absolute Gasteiger partial charge is 0.255 e. The maximum atomic E-state index is 11.9. The van der Waals surface area contributed by atoms with E-state index in [-0.39, 0.29) is 11.7 Å². The summed E-state index contributed by atoms with van der Waals surface area (Å²) in [6.07, 6.45) is 5.86. The number of fused-ring (bicyclic) bond motifs is 1. The zero-order valence-electron chi connectivity index (χ0n) is 16.4. The van der Waals surface area contributed by atoms with Crippen LogP contribution in [0.2, 0.25) is 5.02 Å². The van der Waals surface area contributed by atoms with Gasteiger partial charge in [0.15, 0.2) is 0 Å². The molecule has 1 saturated carbocycles. The third-order valence-electron chi connectivity index (χ3n) is 5.55. The lowest BCUT2D eigenvalue weighted by Crippen LogP contribution is -2.36. The predicted octanol–water partition coefficient (Wildman–Crippen LogP) is 4.67. The SMILES string of the molecule is COc1ccc(CN[C@H]2CC[C@@H](Oc3cc4cc[nH]c(=O)c4cc3Cl)CC2)cc1. The van der Waals surface area contributed by atoms with Crippen LogP contribution < -0.4 is 20.3 Å². The molecule has 5 nitrogen and oxygen atoms in total. The maximum Gasteiger partial charge on any atom is 0.255 e. The van der Waals surface area contributed by atoms with Crippen LogP contribution in [0.25, 0.3) is 10.8 Å². The molecule has 3 aromatic rings. The van der Waals surface area contributed by atoms with Crippen molar-refractivity contribution in [3.8, 4) is 11.5 Å². The van der Waals surface area contributed by atoms with Gasteiger partial charge in [0.1, 0.15) is 11.5 Å². The Morgan fingerprint density at radius 2 is 1.86 bits per heavy atom. The number of aromatic amines is 1. The largest absolute Gasteiger partial charge is 0.497 e. The van der Waals surface area contributed by atoms with E-state index in [4.69, 9.17) is 21.1 Å². The Balaban J connectivity index is 1.31. The van der Waals surface area contributed by atoms with Crippen molar-refractivity contribution < 1.29 is 9.47 Å². The number of aromatic nitrogens is 1. The number of rotatable bonds is 6. The van der Waals surface area contributed by atoms with E-state index >= 15 is 0 Å². The van der Waals surface area contributed by atoms with Crippen molar-refractivity contribution in [1.82, 2.24) is 10.3 Å². The predicted molar refractivity (Wildman–Crippen MR) is 116 cm³/mol. The van der Waals surface area contributed by atoms with Crippen LogP contribution in [0.4, 0.5) is 0 Å². The van der Waals surface area contributed by atoms with E-state index in [1.165, 1.54) is 5.56 Å². The summed E-state index contributed by atoms with van der Waals surface area (Å²) in [5.74, 6) is 1.53. The van der Waals surface area contributed by atoms with E-state index in [2.05, 4.69) is 22.4 Å². The lowest BCUT2D eigenvalue weighted by Gasteiger charge is -2.30. The second-order valence-corrected chi connectivity index (χ2v) is 7.90. The standard InChI is InChI=1S/C23H25ClN2O3/c1-28-18-6-2-15(3-7-18)14-26-17-4-8-19(9-5-17)29-22-12-16-10-11-25-23(27)20(16)13-21(22)24/h2-3,6-7,10-13,17,19,26H,4-5,8-9,14H2,1H3,(H,25,27)/t17-,19+. The van der Waals surface area contributed by atoms with Crippen LogP contribution in [0.5, 0.6) is 11.5 Å². The summed E-state index contributed by atoms with van der Waals surface area (Å²) >= 11 is 6.36. The Hall–Kier alpha value is -2.50. The minimum Gasteiger partial charge on any atom is -0.497 e. The highest BCUT2D eigenvalue weighted by Crippen LogP contribution is 2.32. The molecule has 1 aliphatic carbocycles. The maximum absolute atomic E-state index is 11.9. The molecule has 1 heterocycles. The number of ether oxygens (including phenoxy) is 2. The van der Waals surface area contributed by atoms with Crippen molar-refractivity contribution in [3.05, 3.63) is 69.6 Å². The minimum atomic E-state index is -0.139. The van der Waals surface area contributed by atoms with Gasteiger partial charge in [-0.15, -0.1) is 0 Å². The fourth-order valence-corrected chi connectivity index (χ4v) is 4.06. The van der Waals surface area contributed by atoms with Gasteiger partial charge in [0, 0.05) is 24.2 Å². The zero-order valence-corrected chi connectivity index (χ0v) is 17.2. The van der Waals surface area contributed by atoms with Gasteiger partial charge in [-0.05, 0) is 67.0 Å². The molecule has 1 aromatic heterocycles. The average Bonchev–Trinajstić information content (AvgIpc) is 2.75. The molecule has 2 aromatic carbocycles. The summed E-state index contributed by atoms with van der Waals surface area (Å²) in [6.45, 7) is 0.852. The highest BCUT2D eigenvalue weighted by atomic mass is 35.5. The van der Waals surface area contributed by atoms with Crippen molar-refractivity contribution in [3.63, 3.8) is 0 Å². The van der Waals surface area contributed by atoms with Crippen molar-refractivity contribution in [2.45, 2.75) is 44.4 Å². The van der Waals surface area contributed by atoms with Crippen LogP contribution in [0, 0.1) is 0 Å². The Kier molecular flexibility index (Phi) is 6.07. The molecule has 2 N–H and O–H groups in total. The summed E-state index contributed by atoms with van der Waals surface area (Å²) < 4.78 is 11.4. The first-order valence-corrected chi connectivity index (χ1v) is 10.3. The van der Waals surface area contributed by atoms with Crippen LogP contribution in [-0.2, 0) is 6.54 Å². The summed E-state index contributed by atoms with van der Waals surface area (Å²) in [4.78, 5) is 14.6. The van der Waals surface area contributed by atoms with Gasteiger partial charge in [0.25, 0.3) is 5.56 Å². The van der Waals surface area contributed by atoms with Gasteiger partial charge in [-0.1, -0.05) is 23.7 Å². The number of H-pyrrole nitrogens is 1. The monoisotopic (exact) mass is 412 g/mol. The van der Waals surface area contributed by atoms with Gasteiger partial charge in [-0.3, -0.25) is 4.79 Å². The first-order chi connectivity index (χ1) is 14.1. The van der Waals surface area contributed by atoms with Gasteiger partial charge in [-0.2, -0.15) is 0 Å². The number of hydrogen-bond acceptors (Lipinski definition) is 4. The van der Waals surface area contributed by atoms with Gasteiger partial charge < -0.3 is 19.8 Å². The van der Waals surface area contributed by atoms with Crippen molar-refractivity contribution in [2.24, 2.45) is 0 Å². The molecule has 1 fully saturated rings. The minimum absolute atomic E-state index is 0.139. The number of halogens is 1.